The highest BCUT2D eigenvalue weighted by molar-refractivity contribution is 6.07. The van der Waals surface area contributed by atoms with Gasteiger partial charge in [-0.1, -0.05) is 6.07 Å². The second-order valence-corrected chi connectivity index (χ2v) is 6.54. The fourth-order valence-electron chi connectivity index (χ4n) is 2.89. The molecular weight excluding hydrogens is 410 g/mol. The molecule has 0 unspecified atom stereocenters. The number of carbonyl (C=O) groups is 1. The summed E-state index contributed by atoms with van der Waals surface area (Å²) in [7, 11) is 3.03. The van der Waals surface area contributed by atoms with Crippen molar-refractivity contribution in [1.29, 1.82) is 5.26 Å². The van der Waals surface area contributed by atoms with Crippen molar-refractivity contribution in [2.75, 3.05) is 39.3 Å². The van der Waals surface area contributed by atoms with Crippen molar-refractivity contribution < 1.29 is 23.7 Å². The van der Waals surface area contributed by atoms with Gasteiger partial charge in [-0.3, -0.25) is 4.79 Å². The maximum atomic E-state index is 12.5. The zero-order valence-corrected chi connectivity index (χ0v) is 18.9. The number of nitrogens with one attached hydrogen (secondary N) is 2. The van der Waals surface area contributed by atoms with Crippen LogP contribution in [0.5, 0.6) is 23.0 Å². The van der Waals surface area contributed by atoms with Crippen molar-refractivity contribution in [1.82, 2.24) is 5.32 Å². The van der Waals surface area contributed by atoms with Gasteiger partial charge in [-0.05, 0) is 50.1 Å². The molecule has 0 bridgehead atoms. The van der Waals surface area contributed by atoms with E-state index in [9.17, 15) is 10.1 Å². The van der Waals surface area contributed by atoms with Crippen molar-refractivity contribution in [3.8, 4) is 29.1 Å². The van der Waals surface area contributed by atoms with E-state index in [0.717, 1.165) is 5.56 Å². The van der Waals surface area contributed by atoms with E-state index in [1.807, 2.05) is 38.1 Å². The van der Waals surface area contributed by atoms with E-state index < -0.39 is 5.91 Å². The minimum atomic E-state index is -0.550. The first kappa shape index (κ1) is 24.4. The van der Waals surface area contributed by atoms with Crippen LogP contribution in [0.25, 0.3) is 0 Å². The van der Waals surface area contributed by atoms with Crippen LogP contribution in [0.1, 0.15) is 19.4 Å². The van der Waals surface area contributed by atoms with Crippen molar-refractivity contribution in [2.24, 2.45) is 0 Å². The molecule has 2 aromatic rings. The van der Waals surface area contributed by atoms with Gasteiger partial charge in [-0.25, -0.2) is 0 Å². The van der Waals surface area contributed by atoms with Crippen LogP contribution in [-0.2, 0) is 11.2 Å². The molecule has 8 nitrogen and oxygen atoms in total. The molecule has 0 radical (unpaired) electrons. The molecule has 0 saturated carbocycles. The number of anilines is 1. The molecule has 0 saturated heterocycles. The number of carbonyl (C=O) groups excluding carboxylic acids is 1. The van der Waals surface area contributed by atoms with Gasteiger partial charge in [0.05, 0.1) is 33.1 Å². The van der Waals surface area contributed by atoms with E-state index in [0.29, 0.717) is 54.9 Å². The Hall–Kier alpha value is -3.86. The first-order chi connectivity index (χ1) is 15.6. The summed E-state index contributed by atoms with van der Waals surface area (Å²) in [4.78, 5) is 12.5. The quantitative estimate of drug-likeness (QED) is 0.295. The third-order valence-electron chi connectivity index (χ3n) is 4.43. The summed E-state index contributed by atoms with van der Waals surface area (Å²) >= 11 is 0. The van der Waals surface area contributed by atoms with Crippen molar-refractivity contribution in [3.05, 3.63) is 53.7 Å². The topological polar surface area (TPSA) is 102 Å². The number of hydrogen-bond acceptors (Lipinski definition) is 7. The van der Waals surface area contributed by atoms with E-state index in [4.69, 9.17) is 18.9 Å². The maximum absolute atomic E-state index is 12.5. The summed E-state index contributed by atoms with van der Waals surface area (Å²) < 4.78 is 21.6. The largest absolute Gasteiger partial charge is 0.497 e. The Morgan fingerprint density at radius 2 is 1.72 bits per heavy atom. The van der Waals surface area contributed by atoms with Crippen molar-refractivity contribution in [3.63, 3.8) is 0 Å². The Labute approximate surface area is 188 Å². The van der Waals surface area contributed by atoms with Crippen LogP contribution in [0.15, 0.2) is 48.2 Å². The molecule has 2 aromatic carbocycles. The predicted molar refractivity (Wildman–Crippen MR) is 122 cm³/mol. The number of hydrogen-bond donors (Lipinski definition) is 2. The molecule has 0 aromatic heterocycles. The van der Waals surface area contributed by atoms with Gasteiger partial charge in [-0.15, -0.1) is 0 Å². The Balaban J connectivity index is 1.99. The highest BCUT2D eigenvalue weighted by atomic mass is 16.5. The highest BCUT2D eigenvalue weighted by Gasteiger charge is 2.13. The summed E-state index contributed by atoms with van der Waals surface area (Å²) in [6, 6.07) is 12.7. The molecule has 0 aliphatic carbocycles. The van der Waals surface area contributed by atoms with Gasteiger partial charge < -0.3 is 29.6 Å². The van der Waals surface area contributed by atoms with Gasteiger partial charge >= 0.3 is 0 Å². The minimum absolute atomic E-state index is 0.0587. The number of amides is 1. The second kappa shape index (κ2) is 12.7. The molecule has 0 atom stereocenters. The van der Waals surface area contributed by atoms with Crippen LogP contribution in [0.4, 0.5) is 5.69 Å². The fraction of sp³-hybridized carbons (Fsp3) is 0.333. The smallest absolute Gasteiger partial charge is 0.267 e. The van der Waals surface area contributed by atoms with Crippen molar-refractivity contribution in [2.45, 2.75) is 20.3 Å². The van der Waals surface area contributed by atoms with Crippen molar-refractivity contribution >= 4 is 11.6 Å². The highest BCUT2D eigenvalue weighted by Crippen LogP contribution is 2.30. The van der Waals surface area contributed by atoms with E-state index >= 15 is 0 Å². The number of benzene rings is 2. The molecule has 8 heteroatoms. The summed E-state index contributed by atoms with van der Waals surface area (Å²) in [5.41, 5.74) is 1.40. The second-order valence-electron chi connectivity index (χ2n) is 6.54. The molecule has 0 fully saturated rings. The van der Waals surface area contributed by atoms with Gasteiger partial charge in [0.1, 0.15) is 23.1 Å². The fourth-order valence-corrected chi connectivity index (χ4v) is 2.89. The van der Waals surface area contributed by atoms with Crippen LogP contribution in [0, 0.1) is 11.3 Å². The zero-order chi connectivity index (χ0) is 23.3. The lowest BCUT2D eigenvalue weighted by molar-refractivity contribution is -0.112. The Kier molecular flexibility index (Phi) is 9.72. The van der Waals surface area contributed by atoms with Crippen LogP contribution >= 0.6 is 0 Å². The molecule has 0 aliphatic heterocycles. The molecule has 0 spiro atoms. The van der Waals surface area contributed by atoms with Gasteiger partial charge in [0, 0.05) is 18.8 Å². The van der Waals surface area contributed by atoms with Crippen LogP contribution in [-0.4, -0.2) is 39.9 Å². The summed E-state index contributed by atoms with van der Waals surface area (Å²) in [6.45, 7) is 5.48. The molecule has 0 aliphatic rings. The molecule has 2 N–H and O–H groups in total. The molecule has 0 heterocycles. The number of nitriles is 1. The van der Waals surface area contributed by atoms with Gasteiger partial charge in [-0.2, -0.15) is 5.26 Å². The lowest BCUT2D eigenvalue weighted by Crippen LogP contribution is -2.18. The lowest BCUT2D eigenvalue weighted by atomic mass is 10.1. The average Bonchev–Trinajstić information content (AvgIpc) is 2.80. The number of methoxy groups -OCH3 is 2. The molecule has 2 rings (SSSR count). The summed E-state index contributed by atoms with van der Waals surface area (Å²) in [6.07, 6.45) is 2.08. The first-order valence-electron chi connectivity index (χ1n) is 10.3. The predicted octanol–water partition coefficient (Wildman–Crippen LogP) is 3.68. The SMILES string of the molecule is CCOc1ccc(CCN/C=C(/C#N)C(=O)Nc2cc(OC)ccc2OC)cc1OCC. The molecular formula is C24H29N3O5. The van der Waals surface area contributed by atoms with E-state index in [-0.39, 0.29) is 5.57 Å². The normalized spacial score (nSPS) is 10.7. The van der Waals surface area contributed by atoms with Crippen LogP contribution in [0.2, 0.25) is 0 Å². The molecule has 1 amide bonds. The van der Waals surface area contributed by atoms with Gasteiger partial charge in [0.25, 0.3) is 5.91 Å². The van der Waals surface area contributed by atoms with E-state index in [2.05, 4.69) is 10.6 Å². The van der Waals surface area contributed by atoms with Gasteiger partial charge in [0.2, 0.25) is 0 Å². The number of nitrogens with zero attached hydrogens (tertiary/aromatic N) is 1. The summed E-state index contributed by atoms with van der Waals surface area (Å²) in [5.74, 6) is 1.88. The minimum Gasteiger partial charge on any atom is -0.497 e. The third-order valence-corrected chi connectivity index (χ3v) is 4.43. The zero-order valence-electron chi connectivity index (χ0n) is 18.9. The summed E-state index contributed by atoms with van der Waals surface area (Å²) in [5, 5.41) is 15.1. The Bertz CT molecular complexity index is 982. The average molecular weight is 440 g/mol. The molecule has 170 valence electrons. The maximum Gasteiger partial charge on any atom is 0.267 e. The molecule has 32 heavy (non-hydrogen) atoms. The van der Waals surface area contributed by atoms with E-state index in [1.54, 1.807) is 18.2 Å². The third kappa shape index (κ3) is 6.84. The number of ether oxygens (including phenoxy) is 4. The van der Waals surface area contributed by atoms with Crippen LogP contribution < -0.4 is 29.6 Å². The first-order valence-corrected chi connectivity index (χ1v) is 10.3. The number of rotatable bonds is 12. The Morgan fingerprint density at radius 3 is 2.38 bits per heavy atom. The standard InChI is InChI=1S/C24H29N3O5/c1-5-31-22-9-7-17(13-23(22)32-6-2)11-12-26-16-18(15-25)24(28)27-20-14-19(29-3)8-10-21(20)30-4/h7-10,13-14,16,26H,5-6,11-12H2,1-4H3,(H,27,28)/b18-16-. The van der Waals surface area contributed by atoms with Gasteiger partial charge in [0.15, 0.2) is 11.5 Å². The lowest BCUT2D eigenvalue weighted by Gasteiger charge is -2.12. The monoisotopic (exact) mass is 439 g/mol. The Morgan fingerprint density at radius 1 is 1.00 bits per heavy atom. The van der Waals surface area contributed by atoms with Crippen LogP contribution in [0.3, 0.4) is 0 Å². The van der Waals surface area contributed by atoms with E-state index in [1.165, 1.54) is 20.4 Å².